The van der Waals surface area contributed by atoms with Crippen molar-refractivity contribution in [1.82, 2.24) is 5.32 Å². The molecule has 0 amide bonds. The molecule has 5 unspecified atom stereocenters. The molecule has 1 nitrogen and oxygen atoms in total. The highest BCUT2D eigenvalue weighted by molar-refractivity contribution is 5.37. The van der Waals surface area contributed by atoms with Crippen LogP contribution in [-0.2, 0) is 6.54 Å². The van der Waals surface area contributed by atoms with E-state index in [-0.39, 0.29) is 0 Å². The summed E-state index contributed by atoms with van der Waals surface area (Å²) in [5.74, 6) is 4.23. The van der Waals surface area contributed by atoms with Crippen LogP contribution in [-0.4, -0.2) is 6.04 Å². The SMILES string of the molecule is Cc1cc(C)c(CNC2CC3CC2C2CCCC32)c(C)c1. The number of hydrogen-bond acceptors (Lipinski definition) is 1. The van der Waals surface area contributed by atoms with Crippen LogP contribution < -0.4 is 5.32 Å². The number of benzene rings is 1. The fraction of sp³-hybridized carbons (Fsp3) is 0.700. The summed E-state index contributed by atoms with van der Waals surface area (Å²) in [5.41, 5.74) is 5.85. The number of hydrogen-bond donors (Lipinski definition) is 1. The maximum absolute atomic E-state index is 3.94. The van der Waals surface area contributed by atoms with Crippen molar-refractivity contribution in [2.75, 3.05) is 0 Å². The summed E-state index contributed by atoms with van der Waals surface area (Å²) < 4.78 is 0. The second-order valence-corrected chi connectivity index (χ2v) is 8.02. The Balaban J connectivity index is 1.45. The van der Waals surface area contributed by atoms with Gasteiger partial charge < -0.3 is 5.32 Å². The van der Waals surface area contributed by atoms with E-state index in [4.69, 9.17) is 0 Å². The molecule has 3 aliphatic carbocycles. The van der Waals surface area contributed by atoms with Crippen LogP contribution in [0.4, 0.5) is 0 Å². The van der Waals surface area contributed by atoms with Crippen LogP contribution >= 0.6 is 0 Å². The Bertz CT molecular complexity index is 524. The molecular weight excluding hydrogens is 254 g/mol. The number of aryl methyl sites for hydroxylation is 3. The van der Waals surface area contributed by atoms with Crippen molar-refractivity contribution in [3.05, 3.63) is 34.4 Å². The summed E-state index contributed by atoms with van der Waals surface area (Å²) in [6.07, 6.45) is 7.54. The van der Waals surface area contributed by atoms with Gasteiger partial charge >= 0.3 is 0 Å². The Morgan fingerprint density at radius 1 is 0.952 bits per heavy atom. The van der Waals surface area contributed by atoms with E-state index in [1.54, 1.807) is 0 Å². The molecule has 1 heteroatoms. The van der Waals surface area contributed by atoms with Crippen LogP contribution in [0.15, 0.2) is 12.1 Å². The van der Waals surface area contributed by atoms with Crippen molar-refractivity contribution in [3.8, 4) is 0 Å². The first-order valence-corrected chi connectivity index (χ1v) is 8.93. The molecule has 0 aromatic heterocycles. The molecule has 1 N–H and O–H groups in total. The zero-order valence-corrected chi connectivity index (χ0v) is 13.8. The molecule has 4 rings (SSSR count). The molecule has 114 valence electrons. The molecule has 21 heavy (non-hydrogen) atoms. The predicted molar refractivity (Wildman–Crippen MR) is 88.3 cm³/mol. The minimum Gasteiger partial charge on any atom is -0.310 e. The Morgan fingerprint density at radius 2 is 1.67 bits per heavy atom. The third-order valence-corrected chi connectivity index (χ3v) is 6.81. The van der Waals surface area contributed by atoms with Gasteiger partial charge in [-0.25, -0.2) is 0 Å². The second-order valence-electron chi connectivity index (χ2n) is 8.02. The van der Waals surface area contributed by atoms with E-state index in [9.17, 15) is 0 Å². The Kier molecular flexibility index (Phi) is 3.37. The zero-order valence-electron chi connectivity index (χ0n) is 13.8. The van der Waals surface area contributed by atoms with Crippen molar-refractivity contribution >= 4 is 0 Å². The molecule has 1 aromatic carbocycles. The van der Waals surface area contributed by atoms with E-state index >= 15 is 0 Å². The third-order valence-electron chi connectivity index (χ3n) is 6.81. The monoisotopic (exact) mass is 283 g/mol. The molecule has 3 aliphatic rings. The van der Waals surface area contributed by atoms with Gasteiger partial charge in [0.05, 0.1) is 0 Å². The standard InChI is InChI=1S/C20H29N/c1-12-7-13(2)19(14(3)8-12)11-21-20-10-15-9-18(20)17-6-4-5-16(15)17/h7-8,15-18,20-21H,4-6,9-11H2,1-3H3. The van der Waals surface area contributed by atoms with Crippen molar-refractivity contribution < 1.29 is 0 Å². The van der Waals surface area contributed by atoms with Crippen molar-refractivity contribution in [1.29, 1.82) is 0 Å². The Hall–Kier alpha value is -0.820. The van der Waals surface area contributed by atoms with Crippen molar-refractivity contribution in [2.45, 2.75) is 65.5 Å². The van der Waals surface area contributed by atoms with E-state index in [0.717, 1.165) is 36.3 Å². The van der Waals surface area contributed by atoms with Gasteiger partial charge in [-0.3, -0.25) is 0 Å². The molecule has 3 fully saturated rings. The van der Waals surface area contributed by atoms with Gasteiger partial charge in [0.25, 0.3) is 0 Å². The smallest absolute Gasteiger partial charge is 0.0213 e. The molecule has 0 radical (unpaired) electrons. The summed E-state index contributed by atoms with van der Waals surface area (Å²) >= 11 is 0. The maximum Gasteiger partial charge on any atom is 0.0213 e. The van der Waals surface area contributed by atoms with Gasteiger partial charge in [0.15, 0.2) is 0 Å². The number of rotatable bonds is 3. The fourth-order valence-corrected chi connectivity index (χ4v) is 6.02. The summed E-state index contributed by atoms with van der Waals surface area (Å²) in [6.45, 7) is 7.81. The fourth-order valence-electron chi connectivity index (χ4n) is 6.02. The second kappa shape index (κ2) is 5.12. The van der Waals surface area contributed by atoms with E-state index in [0.29, 0.717) is 0 Å². The van der Waals surface area contributed by atoms with Gasteiger partial charge in [0, 0.05) is 12.6 Å². The molecule has 0 saturated heterocycles. The largest absolute Gasteiger partial charge is 0.310 e. The van der Waals surface area contributed by atoms with E-state index in [1.165, 1.54) is 54.4 Å². The Morgan fingerprint density at radius 3 is 2.43 bits per heavy atom. The Labute approximate surface area is 129 Å². The van der Waals surface area contributed by atoms with Gasteiger partial charge in [0.1, 0.15) is 0 Å². The first-order chi connectivity index (χ1) is 10.1. The van der Waals surface area contributed by atoms with Gasteiger partial charge in [-0.2, -0.15) is 0 Å². The van der Waals surface area contributed by atoms with Crippen LogP contribution in [0.3, 0.4) is 0 Å². The molecule has 0 heterocycles. The zero-order chi connectivity index (χ0) is 14.6. The lowest BCUT2D eigenvalue weighted by molar-refractivity contribution is 0.208. The molecule has 2 bridgehead atoms. The van der Waals surface area contributed by atoms with Crippen LogP contribution in [0.5, 0.6) is 0 Å². The first kappa shape index (κ1) is 13.8. The van der Waals surface area contributed by atoms with E-state index in [2.05, 4.69) is 38.2 Å². The highest BCUT2D eigenvalue weighted by Crippen LogP contribution is 2.58. The van der Waals surface area contributed by atoms with Crippen LogP contribution in [0.25, 0.3) is 0 Å². The van der Waals surface area contributed by atoms with Crippen LogP contribution in [0.1, 0.15) is 54.4 Å². The van der Waals surface area contributed by atoms with Gasteiger partial charge in [-0.15, -0.1) is 0 Å². The first-order valence-electron chi connectivity index (χ1n) is 8.93. The summed E-state index contributed by atoms with van der Waals surface area (Å²) in [6, 6.07) is 5.46. The van der Waals surface area contributed by atoms with Crippen LogP contribution in [0.2, 0.25) is 0 Å². The van der Waals surface area contributed by atoms with E-state index < -0.39 is 0 Å². The topological polar surface area (TPSA) is 12.0 Å². The lowest BCUT2D eigenvalue weighted by Crippen LogP contribution is -2.39. The quantitative estimate of drug-likeness (QED) is 0.859. The van der Waals surface area contributed by atoms with Gasteiger partial charge in [-0.1, -0.05) is 24.1 Å². The normalized spacial score (nSPS) is 37.2. The average molecular weight is 283 g/mol. The molecule has 0 aliphatic heterocycles. The third kappa shape index (κ3) is 2.25. The predicted octanol–water partition coefficient (Wildman–Crippen LogP) is 4.53. The molecule has 3 saturated carbocycles. The van der Waals surface area contributed by atoms with E-state index in [1.807, 2.05) is 0 Å². The maximum atomic E-state index is 3.94. The van der Waals surface area contributed by atoms with Crippen LogP contribution in [0, 0.1) is 44.4 Å². The summed E-state index contributed by atoms with van der Waals surface area (Å²) in [4.78, 5) is 0. The highest BCUT2D eigenvalue weighted by Gasteiger charge is 2.53. The average Bonchev–Trinajstić information content (AvgIpc) is 3.09. The molecule has 5 atom stereocenters. The van der Waals surface area contributed by atoms with Gasteiger partial charge in [-0.05, 0) is 86.8 Å². The summed E-state index contributed by atoms with van der Waals surface area (Å²) in [5, 5.41) is 3.94. The highest BCUT2D eigenvalue weighted by atomic mass is 14.9. The lowest BCUT2D eigenvalue weighted by Gasteiger charge is -2.32. The van der Waals surface area contributed by atoms with Crippen molar-refractivity contribution in [3.63, 3.8) is 0 Å². The van der Waals surface area contributed by atoms with Gasteiger partial charge in [0.2, 0.25) is 0 Å². The van der Waals surface area contributed by atoms with Crippen molar-refractivity contribution in [2.24, 2.45) is 23.7 Å². The molecule has 1 aromatic rings. The lowest BCUT2D eigenvalue weighted by atomic mass is 9.79. The minimum absolute atomic E-state index is 0.800. The summed E-state index contributed by atoms with van der Waals surface area (Å²) in [7, 11) is 0. The molecule has 0 spiro atoms. The number of fused-ring (bicyclic) bond motifs is 5. The molecular formula is C20H29N. The number of nitrogens with one attached hydrogen (secondary N) is 1. The minimum atomic E-state index is 0.800.